The van der Waals surface area contributed by atoms with Gasteiger partial charge in [0.15, 0.2) is 5.82 Å². The van der Waals surface area contributed by atoms with Crippen LogP contribution in [0.5, 0.6) is 5.75 Å². The minimum atomic E-state index is 0.770. The largest absolute Gasteiger partial charge is 0.494 e. The summed E-state index contributed by atoms with van der Waals surface area (Å²) in [4.78, 5) is 9.16. The molecule has 0 unspecified atom stereocenters. The average Bonchev–Trinajstić information content (AvgIpc) is 2.83. The molecule has 0 fully saturated rings. The molecule has 0 aliphatic rings. The zero-order chi connectivity index (χ0) is 22.7. The molecule has 0 saturated carbocycles. The zero-order valence-corrected chi connectivity index (χ0v) is 20.5. The van der Waals surface area contributed by atoms with E-state index >= 15 is 0 Å². The van der Waals surface area contributed by atoms with Gasteiger partial charge in [-0.25, -0.2) is 9.97 Å². The summed E-state index contributed by atoms with van der Waals surface area (Å²) in [6.45, 7) is 5.27. The Hall–Kier alpha value is -2.16. The Morgan fingerprint density at radius 1 is 0.688 bits per heavy atom. The molecular formula is C29H44N2O. The van der Waals surface area contributed by atoms with Crippen LogP contribution in [0.3, 0.4) is 0 Å². The van der Waals surface area contributed by atoms with Crippen LogP contribution in [0.2, 0.25) is 0 Å². The van der Waals surface area contributed by atoms with Gasteiger partial charge < -0.3 is 4.74 Å². The van der Waals surface area contributed by atoms with Crippen molar-refractivity contribution in [3.05, 3.63) is 54.4 Å². The van der Waals surface area contributed by atoms with Crippen LogP contribution >= 0.6 is 0 Å². The van der Waals surface area contributed by atoms with Crippen molar-refractivity contribution in [3.63, 3.8) is 0 Å². The van der Waals surface area contributed by atoms with E-state index in [1.165, 1.54) is 76.2 Å². The third kappa shape index (κ3) is 11.5. The number of rotatable bonds is 18. The highest BCUT2D eigenvalue weighted by Gasteiger charge is 2.03. The van der Waals surface area contributed by atoms with Gasteiger partial charge >= 0.3 is 0 Å². The van der Waals surface area contributed by atoms with Crippen molar-refractivity contribution in [3.8, 4) is 17.1 Å². The van der Waals surface area contributed by atoms with E-state index in [1.54, 1.807) is 0 Å². The average molecular weight is 437 g/mol. The summed E-state index contributed by atoms with van der Waals surface area (Å²) in [7, 11) is 0. The molecule has 32 heavy (non-hydrogen) atoms. The lowest BCUT2D eigenvalue weighted by Crippen LogP contribution is -1.97. The maximum Gasteiger partial charge on any atom is 0.159 e. The number of nitrogens with zero attached hydrogens (tertiary/aromatic N) is 2. The summed E-state index contributed by atoms with van der Waals surface area (Å²) in [5.74, 6) is 1.71. The van der Waals surface area contributed by atoms with Gasteiger partial charge in [0.1, 0.15) is 5.75 Å². The first-order valence-electron chi connectivity index (χ1n) is 13.0. The summed E-state index contributed by atoms with van der Waals surface area (Å²) in [5.41, 5.74) is 2.28. The van der Waals surface area contributed by atoms with Crippen LogP contribution in [0, 0.1) is 0 Å². The zero-order valence-electron chi connectivity index (χ0n) is 20.5. The summed E-state index contributed by atoms with van der Waals surface area (Å²) in [5, 5.41) is 0. The Morgan fingerprint density at radius 2 is 1.31 bits per heavy atom. The van der Waals surface area contributed by atoms with Crippen molar-refractivity contribution >= 4 is 0 Å². The lowest BCUT2D eigenvalue weighted by molar-refractivity contribution is 0.307. The normalized spacial score (nSPS) is 11.3. The van der Waals surface area contributed by atoms with Crippen molar-refractivity contribution < 1.29 is 4.74 Å². The van der Waals surface area contributed by atoms with E-state index in [-0.39, 0.29) is 0 Å². The molecule has 3 nitrogen and oxygen atoms in total. The van der Waals surface area contributed by atoms with Crippen LogP contribution < -0.4 is 4.74 Å². The first-order chi connectivity index (χ1) is 15.8. The molecule has 0 aliphatic heterocycles. The first kappa shape index (κ1) is 26.1. The highest BCUT2D eigenvalue weighted by atomic mass is 16.5. The van der Waals surface area contributed by atoms with Gasteiger partial charge in [0.25, 0.3) is 0 Å². The van der Waals surface area contributed by atoms with Crippen molar-refractivity contribution in [1.29, 1.82) is 0 Å². The number of allylic oxidation sites excluding steroid dienone is 2. The Morgan fingerprint density at radius 3 is 2.00 bits per heavy atom. The molecule has 0 amide bonds. The summed E-state index contributed by atoms with van der Waals surface area (Å²) in [6, 6.07) is 8.15. The fourth-order valence-corrected chi connectivity index (χ4v) is 3.73. The highest BCUT2D eigenvalue weighted by Crippen LogP contribution is 2.20. The quantitative estimate of drug-likeness (QED) is 0.173. The van der Waals surface area contributed by atoms with Gasteiger partial charge in [0, 0.05) is 18.0 Å². The Labute approximate surface area is 196 Å². The van der Waals surface area contributed by atoms with E-state index in [9.17, 15) is 0 Å². The standard InChI is InChI=1S/C29H44N2O/c1-3-5-7-9-11-13-15-17-23-32-28-21-19-27(20-22-28)29-30-24-26(25-31-29)18-16-14-12-10-8-6-4-2/h9,11,19-22,24-25H,3-8,10,12-18,23H2,1-2H3/b11-9-. The molecule has 176 valence electrons. The van der Waals surface area contributed by atoms with Crippen molar-refractivity contribution in [2.75, 3.05) is 6.61 Å². The van der Waals surface area contributed by atoms with E-state index in [0.717, 1.165) is 43.0 Å². The number of benzene rings is 1. The van der Waals surface area contributed by atoms with Crippen molar-refractivity contribution in [2.45, 2.75) is 104 Å². The van der Waals surface area contributed by atoms with Gasteiger partial charge in [0.2, 0.25) is 0 Å². The minimum Gasteiger partial charge on any atom is -0.494 e. The third-order valence-electron chi connectivity index (χ3n) is 5.81. The van der Waals surface area contributed by atoms with Crippen LogP contribution in [-0.2, 0) is 6.42 Å². The Kier molecular flexibility index (Phi) is 14.2. The fourth-order valence-electron chi connectivity index (χ4n) is 3.73. The smallest absolute Gasteiger partial charge is 0.159 e. The summed E-state index contributed by atoms with van der Waals surface area (Å²) >= 11 is 0. The van der Waals surface area contributed by atoms with E-state index in [2.05, 4.69) is 48.1 Å². The van der Waals surface area contributed by atoms with E-state index in [1.807, 2.05) is 24.5 Å². The molecule has 1 aromatic heterocycles. The van der Waals surface area contributed by atoms with Crippen molar-refractivity contribution in [1.82, 2.24) is 9.97 Å². The second kappa shape index (κ2) is 17.4. The molecule has 3 heteroatoms. The fraction of sp³-hybridized carbons (Fsp3) is 0.586. The molecule has 2 aromatic rings. The van der Waals surface area contributed by atoms with Crippen LogP contribution in [0.15, 0.2) is 48.8 Å². The van der Waals surface area contributed by atoms with Gasteiger partial charge in [-0.05, 0) is 68.4 Å². The molecule has 0 bridgehead atoms. The number of hydrogen-bond donors (Lipinski definition) is 0. The minimum absolute atomic E-state index is 0.770. The molecule has 0 saturated heterocycles. The number of unbranched alkanes of at least 4 members (excludes halogenated alkanes) is 10. The summed E-state index contributed by atoms with van der Waals surface area (Å²) < 4.78 is 5.88. The lowest BCUT2D eigenvalue weighted by Gasteiger charge is -2.07. The van der Waals surface area contributed by atoms with Gasteiger partial charge in [-0.2, -0.15) is 0 Å². The predicted molar refractivity (Wildman–Crippen MR) is 137 cm³/mol. The third-order valence-corrected chi connectivity index (χ3v) is 5.81. The second-order valence-corrected chi connectivity index (χ2v) is 8.77. The number of ether oxygens (including phenoxy) is 1. The highest BCUT2D eigenvalue weighted by molar-refractivity contribution is 5.55. The maximum atomic E-state index is 5.88. The Balaban J connectivity index is 1.63. The predicted octanol–water partition coefficient (Wildman–Crippen LogP) is 8.73. The van der Waals surface area contributed by atoms with E-state index < -0.39 is 0 Å². The molecule has 0 spiro atoms. The first-order valence-corrected chi connectivity index (χ1v) is 13.0. The lowest BCUT2D eigenvalue weighted by atomic mass is 10.1. The topological polar surface area (TPSA) is 35.0 Å². The van der Waals surface area contributed by atoms with E-state index in [4.69, 9.17) is 4.74 Å². The molecule has 1 heterocycles. The molecule has 1 aromatic carbocycles. The van der Waals surface area contributed by atoms with Crippen LogP contribution in [0.25, 0.3) is 11.4 Å². The monoisotopic (exact) mass is 436 g/mol. The van der Waals surface area contributed by atoms with Gasteiger partial charge in [0.05, 0.1) is 6.61 Å². The van der Waals surface area contributed by atoms with E-state index in [0.29, 0.717) is 0 Å². The SMILES string of the molecule is CCCC/C=C\CCCCOc1ccc(-c2ncc(CCCCCCCCC)cn2)cc1. The van der Waals surface area contributed by atoms with Crippen molar-refractivity contribution in [2.24, 2.45) is 0 Å². The van der Waals surface area contributed by atoms with Crippen LogP contribution in [0.4, 0.5) is 0 Å². The maximum absolute atomic E-state index is 5.88. The Bertz CT molecular complexity index is 722. The number of aryl methyl sites for hydroxylation is 1. The molecular weight excluding hydrogens is 392 g/mol. The molecule has 0 atom stereocenters. The molecule has 0 radical (unpaired) electrons. The van der Waals surface area contributed by atoms with Gasteiger partial charge in [-0.1, -0.05) is 77.4 Å². The number of hydrogen-bond acceptors (Lipinski definition) is 3. The summed E-state index contributed by atoms with van der Waals surface area (Å²) in [6.07, 6.45) is 26.2. The van der Waals surface area contributed by atoms with Gasteiger partial charge in [-0.15, -0.1) is 0 Å². The number of aromatic nitrogens is 2. The van der Waals surface area contributed by atoms with Crippen LogP contribution in [-0.4, -0.2) is 16.6 Å². The molecule has 2 rings (SSSR count). The van der Waals surface area contributed by atoms with Gasteiger partial charge in [-0.3, -0.25) is 0 Å². The molecule has 0 N–H and O–H groups in total. The van der Waals surface area contributed by atoms with Crippen LogP contribution in [0.1, 0.15) is 103 Å². The second-order valence-electron chi connectivity index (χ2n) is 8.77. The molecule has 0 aliphatic carbocycles.